The quantitative estimate of drug-likeness (QED) is 0.461. The molecule has 2 aromatic heterocycles. The molecule has 38 heavy (non-hydrogen) atoms. The molecule has 3 aromatic rings. The minimum absolute atomic E-state index is 0.286. The highest BCUT2D eigenvalue weighted by atomic mass is 35.5. The van der Waals surface area contributed by atoms with Crippen LogP contribution in [0.5, 0.6) is 0 Å². The van der Waals surface area contributed by atoms with Gasteiger partial charge < -0.3 is 16.0 Å². The highest BCUT2D eigenvalue weighted by molar-refractivity contribution is 6.34. The molecule has 0 unspecified atom stereocenters. The second-order valence-electron chi connectivity index (χ2n) is 8.35. The number of hydrogen-bond acceptors (Lipinski definition) is 5. The number of amides is 2. The van der Waals surface area contributed by atoms with Crippen molar-refractivity contribution in [2.45, 2.75) is 31.0 Å². The lowest BCUT2D eigenvalue weighted by atomic mass is 10.1. The average molecular weight is 571 g/mol. The summed E-state index contributed by atoms with van der Waals surface area (Å²) in [5.74, 6) is -4.32. The van der Waals surface area contributed by atoms with Gasteiger partial charge in [-0.1, -0.05) is 11.6 Å². The Labute approximate surface area is 212 Å². The zero-order valence-electron chi connectivity index (χ0n) is 18.7. The molecular weight excluding hydrogens is 556 g/mol. The van der Waals surface area contributed by atoms with E-state index in [9.17, 15) is 44.7 Å². The number of nitrogens with one attached hydrogen (secondary N) is 1. The van der Waals surface area contributed by atoms with Gasteiger partial charge in [0.1, 0.15) is 30.3 Å². The van der Waals surface area contributed by atoms with Crippen molar-refractivity contribution in [1.29, 1.82) is 0 Å². The van der Waals surface area contributed by atoms with Crippen LogP contribution in [-0.2, 0) is 11.0 Å². The lowest BCUT2D eigenvalue weighted by molar-refractivity contribution is -0.160. The summed E-state index contributed by atoms with van der Waals surface area (Å²) < 4.78 is 108. The normalized spacial score (nSPS) is 18.3. The summed E-state index contributed by atoms with van der Waals surface area (Å²) in [4.78, 5) is 28.7. The van der Waals surface area contributed by atoms with E-state index in [0.29, 0.717) is 11.0 Å². The topological polar surface area (TPSA) is 106 Å². The average Bonchev–Trinajstić information content (AvgIpc) is 3.36. The van der Waals surface area contributed by atoms with Crippen molar-refractivity contribution < 1.29 is 44.7 Å². The van der Waals surface area contributed by atoms with Crippen LogP contribution in [0.4, 0.5) is 40.9 Å². The van der Waals surface area contributed by atoms with Crippen molar-refractivity contribution >= 4 is 34.7 Å². The molecule has 2 atom stereocenters. The van der Waals surface area contributed by atoms with Crippen LogP contribution in [0.3, 0.4) is 0 Å². The number of alkyl halides is 7. The van der Waals surface area contributed by atoms with E-state index in [4.69, 9.17) is 17.3 Å². The Morgan fingerprint density at radius 1 is 1.13 bits per heavy atom. The maximum atomic E-state index is 14.7. The van der Waals surface area contributed by atoms with E-state index in [-0.39, 0.29) is 11.3 Å². The highest BCUT2D eigenvalue weighted by Gasteiger charge is 2.41. The molecule has 8 nitrogen and oxygen atoms in total. The third-order valence-electron chi connectivity index (χ3n) is 5.73. The molecule has 1 fully saturated rings. The van der Waals surface area contributed by atoms with Crippen molar-refractivity contribution in [2.75, 3.05) is 18.8 Å². The van der Waals surface area contributed by atoms with Gasteiger partial charge in [-0.2, -0.15) is 31.4 Å². The Hall–Kier alpha value is -3.69. The van der Waals surface area contributed by atoms with Crippen LogP contribution in [0.15, 0.2) is 24.5 Å². The van der Waals surface area contributed by atoms with Gasteiger partial charge in [0.2, 0.25) is 5.91 Å². The Bertz CT molecular complexity index is 1420. The summed E-state index contributed by atoms with van der Waals surface area (Å²) in [5, 5.41) is 5.11. The summed E-state index contributed by atoms with van der Waals surface area (Å²) in [6, 6.07) is 0.824. The number of halogens is 9. The summed E-state index contributed by atoms with van der Waals surface area (Å²) in [5.41, 5.74) is 2.51. The van der Waals surface area contributed by atoms with Crippen LogP contribution in [0, 0.1) is 5.82 Å². The Kier molecular flexibility index (Phi) is 6.88. The fourth-order valence-electron chi connectivity index (χ4n) is 4.03. The van der Waals surface area contributed by atoms with Crippen molar-refractivity contribution in [3.63, 3.8) is 0 Å². The number of likely N-dealkylation sites (tertiary alicyclic amines) is 1. The van der Waals surface area contributed by atoms with E-state index >= 15 is 0 Å². The summed E-state index contributed by atoms with van der Waals surface area (Å²) in [7, 11) is 0. The van der Waals surface area contributed by atoms with Crippen LogP contribution < -0.4 is 11.1 Å². The van der Waals surface area contributed by atoms with Crippen molar-refractivity contribution in [2.24, 2.45) is 0 Å². The molecule has 4 rings (SSSR count). The molecule has 3 heterocycles. The predicted octanol–water partition coefficient (Wildman–Crippen LogP) is 4.02. The standard InChI is InChI=1S/C21H15ClF8N6O2/c22-16-9(19(38)34-13-6-35(5-12(13)24)15(37)4-20(25,26)27)1-8(2-11(16)23)14-3-10(21(28,29)30)17-18(31)32-7-33-36(14)17/h1-3,7,12-13H,4-6H2,(H,34,38)(H2,31,32,33)/t12-,13+/m0/s1. The molecule has 0 aliphatic carbocycles. The summed E-state index contributed by atoms with van der Waals surface area (Å²) in [6.07, 6.45) is -12.6. The minimum atomic E-state index is -4.90. The Morgan fingerprint density at radius 2 is 1.82 bits per heavy atom. The minimum Gasteiger partial charge on any atom is -0.382 e. The lowest BCUT2D eigenvalue weighted by Crippen LogP contribution is -2.42. The second-order valence-corrected chi connectivity index (χ2v) is 8.73. The number of benzene rings is 1. The van der Waals surface area contributed by atoms with E-state index in [1.165, 1.54) is 0 Å². The molecular formula is C21H15ClF8N6O2. The van der Waals surface area contributed by atoms with E-state index in [2.05, 4.69) is 15.4 Å². The molecule has 1 aliphatic heterocycles. The molecule has 2 amide bonds. The molecule has 1 saturated heterocycles. The number of nitrogen functional groups attached to an aromatic ring is 1. The van der Waals surface area contributed by atoms with Gasteiger partial charge in [0.05, 0.1) is 34.4 Å². The maximum absolute atomic E-state index is 14.7. The molecule has 0 radical (unpaired) electrons. The predicted molar refractivity (Wildman–Crippen MR) is 116 cm³/mol. The number of anilines is 1. The van der Waals surface area contributed by atoms with Gasteiger partial charge >= 0.3 is 12.4 Å². The van der Waals surface area contributed by atoms with Gasteiger partial charge in [-0.3, -0.25) is 9.59 Å². The first kappa shape index (κ1) is 27.3. The smallest absolute Gasteiger partial charge is 0.382 e. The molecule has 0 spiro atoms. The van der Waals surface area contributed by atoms with E-state index in [1.54, 1.807) is 0 Å². The number of fused-ring (bicyclic) bond motifs is 1. The highest BCUT2D eigenvalue weighted by Crippen LogP contribution is 2.39. The first-order chi connectivity index (χ1) is 17.6. The Morgan fingerprint density at radius 3 is 2.45 bits per heavy atom. The fourth-order valence-corrected chi connectivity index (χ4v) is 4.22. The molecule has 1 aliphatic rings. The largest absolute Gasteiger partial charge is 0.418 e. The van der Waals surface area contributed by atoms with Crippen LogP contribution in [0.2, 0.25) is 5.02 Å². The van der Waals surface area contributed by atoms with Crippen LogP contribution in [0.1, 0.15) is 22.3 Å². The monoisotopic (exact) mass is 570 g/mol. The fraction of sp³-hybridized carbons (Fsp3) is 0.333. The van der Waals surface area contributed by atoms with E-state index in [0.717, 1.165) is 23.0 Å². The number of carbonyl (C=O) groups excluding carboxylic acids is 2. The van der Waals surface area contributed by atoms with Crippen LogP contribution in [0.25, 0.3) is 16.8 Å². The summed E-state index contributed by atoms with van der Waals surface area (Å²) in [6.45, 7) is -1.32. The number of rotatable bonds is 4. The molecule has 17 heteroatoms. The molecule has 0 saturated carbocycles. The lowest BCUT2D eigenvalue weighted by Gasteiger charge is -2.18. The van der Waals surface area contributed by atoms with Crippen molar-refractivity contribution in [3.8, 4) is 11.3 Å². The first-order valence-corrected chi connectivity index (χ1v) is 10.9. The number of hydrogen-bond donors (Lipinski definition) is 2. The van der Waals surface area contributed by atoms with Crippen molar-refractivity contribution in [3.05, 3.63) is 46.5 Å². The zero-order chi connectivity index (χ0) is 28.2. The number of aromatic nitrogens is 3. The Balaban J connectivity index is 1.66. The van der Waals surface area contributed by atoms with Crippen molar-refractivity contribution in [1.82, 2.24) is 24.8 Å². The van der Waals surface area contributed by atoms with E-state index in [1.807, 2.05) is 0 Å². The maximum Gasteiger partial charge on any atom is 0.418 e. The van der Waals surface area contributed by atoms with Gasteiger partial charge in [0.25, 0.3) is 5.91 Å². The van der Waals surface area contributed by atoms with Crippen LogP contribution >= 0.6 is 11.6 Å². The first-order valence-electron chi connectivity index (χ1n) is 10.5. The van der Waals surface area contributed by atoms with E-state index < -0.39 is 89.2 Å². The third kappa shape index (κ3) is 5.30. The van der Waals surface area contributed by atoms with Gasteiger partial charge in [-0.15, -0.1) is 0 Å². The second kappa shape index (κ2) is 9.56. The number of nitrogens with two attached hydrogens (primary N) is 1. The molecule has 3 N–H and O–H groups in total. The van der Waals surface area contributed by atoms with Gasteiger partial charge in [-0.05, 0) is 18.2 Å². The SMILES string of the molecule is Nc1ncnn2c(-c3cc(F)c(Cl)c(C(=O)N[C@@H]4CN(C(=O)CC(F)(F)F)C[C@@H]4F)c3)cc(C(F)(F)F)c12. The third-order valence-corrected chi connectivity index (χ3v) is 6.11. The van der Waals surface area contributed by atoms with Gasteiger partial charge in [0.15, 0.2) is 5.82 Å². The number of nitrogens with zero attached hydrogens (tertiary/aromatic N) is 4. The zero-order valence-corrected chi connectivity index (χ0v) is 19.4. The molecule has 0 bridgehead atoms. The molecule has 204 valence electrons. The van der Waals surface area contributed by atoms with Gasteiger partial charge in [0, 0.05) is 12.1 Å². The molecule has 1 aromatic carbocycles. The number of carbonyl (C=O) groups is 2. The van der Waals surface area contributed by atoms with Gasteiger partial charge in [-0.25, -0.2) is 18.3 Å². The summed E-state index contributed by atoms with van der Waals surface area (Å²) >= 11 is 5.89. The van der Waals surface area contributed by atoms with Crippen LogP contribution in [-0.4, -0.2) is 62.8 Å².